The van der Waals surface area contributed by atoms with Gasteiger partial charge in [-0.05, 0) is 47.5 Å². The predicted molar refractivity (Wildman–Crippen MR) is 144 cm³/mol. The van der Waals surface area contributed by atoms with Crippen LogP contribution >= 0.6 is 7.26 Å². The summed E-state index contributed by atoms with van der Waals surface area (Å²) in [4.78, 5) is 0. The Morgan fingerprint density at radius 3 is 1.12 bits per heavy atom. The van der Waals surface area contributed by atoms with Gasteiger partial charge >= 0.3 is 0 Å². The Morgan fingerprint density at radius 1 is 0.394 bits per heavy atom. The van der Waals surface area contributed by atoms with E-state index in [4.69, 9.17) is 0 Å². The summed E-state index contributed by atoms with van der Waals surface area (Å²) in [6.07, 6.45) is 0.983. The Bertz CT molecular complexity index is 1150. The van der Waals surface area contributed by atoms with Crippen molar-refractivity contribution in [2.75, 3.05) is 0 Å². The highest BCUT2D eigenvalue weighted by Gasteiger charge is 2.52. The van der Waals surface area contributed by atoms with E-state index in [1.54, 1.807) is 0 Å². The Balaban J connectivity index is 1.86. The lowest BCUT2D eigenvalue weighted by Gasteiger charge is -2.35. The third-order valence-electron chi connectivity index (χ3n) is 6.41. The standard InChI is InChI=1S/C32H28P/c1-6-16-27(17-7-1)26-32(28-18-8-2-9-19-28)33(29-20-10-3-11-21-29,30-22-12-4-13-23-30)31-24-14-5-15-25-31/h1-25,32H,26H2/q+1/t32-/m0/s1. The summed E-state index contributed by atoms with van der Waals surface area (Å²) in [5, 5.41) is 4.27. The fourth-order valence-corrected chi connectivity index (χ4v) is 9.97. The normalized spacial score (nSPS) is 12.2. The lowest BCUT2D eigenvalue weighted by molar-refractivity contribution is 0.918. The Morgan fingerprint density at radius 2 is 0.727 bits per heavy atom. The first-order valence-corrected chi connectivity index (χ1v) is 13.4. The molecule has 1 heteroatoms. The van der Waals surface area contributed by atoms with Crippen LogP contribution in [0.4, 0.5) is 0 Å². The molecule has 0 fully saturated rings. The van der Waals surface area contributed by atoms with Crippen LogP contribution < -0.4 is 15.9 Å². The van der Waals surface area contributed by atoms with Crippen LogP contribution in [0, 0.1) is 0 Å². The maximum atomic E-state index is 2.34. The van der Waals surface area contributed by atoms with E-state index in [1.165, 1.54) is 27.0 Å². The van der Waals surface area contributed by atoms with Gasteiger partial charge in [-0.3, -0.25) is 0 Å². The predicted octanol–water partition coefficient (Wildman–Crippen LogP) is 6.96. The van der Waals surface area contributed by atoms with Gasteiger partial charge in [0.2, 0.25) is 0 Å². The highest BCUT2D eigenvalue weighted by Crippen LogP contribution is 2.67. The lowest BCUT2D eigenvalue weighted by Crippen LogP contribution is -2.36. The van der Waals surface area contributed by atoms with Gasteiger partial charge in [0.1, 0.15) is 28.8 Å². The number of benzene rings is 5. The fourth-order valence-electron chi connectivity index (χ4n) is 4.97. The van der Waals surface area contributed by atoms with E-state index in [2.05, 4.69) is 152 Å². The maximum absolute atomic E-state index is 2.34. The molecule has 1 atom stereocenters. The first-order chi connectivity index (χ1) is 16.4. The van der Waals surface area contributed by atoms with Crippen LogP contribution in [0.5, 0.6) is 0 Å². The van der Waals surface area contributed by atoms with Crippen molar-refractivity contribution in [3.8, 4) is 0 Å². The number of hydrogen-bond acceptors (Lipinski definition) is 0. The minimum atomic E-state index is -2.05. The molecule has 160 valence electrons. The van der Waals surface area contributed by atoms with Gasteiger partial charge in [-0.15, -0.1) is 0 Å². The van der Waals surface area contributed by atoms with Crippen LogP contribution in [0.25, 0.3) is 0 Å². The van der Waals surface area contributed by atoms with Gasteiger partial charge < -0.3 is 0 Å². The molecule has 0 bridgehead atoms. The van der Waals surface area contributed by atoms with Gasteiger partial charge in [0, 0.05) is 6.42 Å². The SMILES string of the molecule is c1ccc(C[C@@H](c2ccccc2)[P+](c2ccccc2)(c2ccccc2)c2ccccc2)cc1. The van der Waals surface area contributed by atoms with Gasteiger partial charge in [0.05, 0.1) is 0 Å². The van der Waals surface area contributed by atoms with Gasteiger partial charge in [0.15, 0.2) is 0 Å². The molecule has 5 aromatic rings. The van der Waals surface area contributed by atoms with Crippen molar-refractivity contribution in [3.05, 3.63) is 163 Å². The van der Waals surface area contributed by atoms with E-state index in [0.29, 0.717) is 5.66 Å². The Hall–Kier alpha value is -3.47. The molecular weight excluding hydrogens is 415 g/mol. The zero-order chi connectivity index (χ0) is 22.3. The molecule has 0 radical (unpaired) electrons. The topological polar surface area (TPSA) is 0 Å². The van der Waals surface area contributed by atoms with E-state index in [0.717, 1.165) is 6.42 Å². The fraction of sp³-hybridized carbons (Fsp3) is 0.0625. The molecule has 0 aliphatic heterocycles. The zero-order valence-corrected chi connectivity index (χ0v) is 19.6. The average Bonchev–Trinajstić information content (AvgIpc) is 2.91. The summed E-state index contributed by atoms with van der Waals surface area (Å²) in [6.45, 7) is 0. The molecular formula is C32H28P+. The smallest absolute Gasteiger partial charge is 0.0622 e. The quantitative estimate of drug-likeness (QED) is 0.238. The van der Waals surface area contributed by atoms with Crippen molar-refractivity contribution < 1.29 is 0 Å². The molecule has 0 spiro atoms. The highest BCUT2D eigenvalue weighted by atomic mass is 31.2. The van der Waals surface area contributed by atoms with E-state index >= 15 is 0 Å². The largest absolute Gasteiger partial charge is 0.119 e. The number of rotatable bonds is 7. The lowest BCUT2D eigenvalue weighted by atomic mass is 10.0. The van der Waals surface area contributed by atoms with Crippen LogP contribution in [0.1, 0.15) is 16.8 Å². The minimum absolute atomic E-state index is 0.313. The van der Waals surface area contributed by atoms with Crippen LogP contribution in [-0.4, -0.2) is 0 Å². The summed E-state index contributed by atoms with van der Waals surface area (Å²) in [5.74, 6) is 0. The monoisotopic (exact) mass is 443 g/mol. The van der Waals surface area contributed by atoms with Crippen LogP contribution in [0.3, 0.4) is 0 Å². The van der Waals surface area contributed by atoms with Crippen molar-refractivity contribution in [2.24, 2.45) is 0 Å². The van der Waals surface area contributed by atoms with Gasteiger partial charge in [0.25, 0.3) is 0 Å². The van der Waals surface area contributed by atoms with Gasteiger partial charge in [-0.2, -0.15) is 0 Å². The Kier molecular flexibility index (Phi) is 6.47. The van der Waals surface area contributed by atoms with E-state index in [-0.39, 0.29) is 0 Å². The minimum Gasteiger partial charge on any atom is -0.0622 e. The Labute approximate surface area is 197 Å². The maximum Gasteiger partial charge on any atom is 0.119 e. The van der Waals surface area contributed by atoms with Crippen molar-refractivity contribution in [1.82, 2.24) is 0 Å². The summed E-state index contributed by atoms with van der Waals surface area (Å²) in [6, 6.07) is 55.7. The zero-order valence-electron chi connectivity index (χ0n) is 18.7. The van der Waals surface area contributed by atoms with E-state index < -0.39 is 7.26 Å². The molecule has 5 aromatic carbocycles. The second-order valence-corrected chi connectivity index (χ2v) is 12.0. The van der Waals surface area contributed by atoms with Crippen molar-refractivity contribution in [2.45, 2.75) is 12.1 Å². The molecule has 0 saturated carbocycles. The molecule has 5 rings (SSSR count). The first kappa shape index (κ1) is 21.4. The van der Waals surface area contributed by atoms with E-state index in [1.807, 2.05) is 0 Å². The van der Waals surface area contributed by atoms with Crippen molar-refractivity contribution >= 4 is 23.2 Å². The molecule has 0 aromatic heterocycles. The van der Waals surface area contributed by atoms with Crippen molar-refractivity contribution in [3.63, 3.8) is 0 Å². The third kappa shape index (κ3) is 4.28. The molecule has 33 heavy (non-hydrogen) atoms. The molecule has 0 aliphatic rings. The summed E-state index contributed by atoms with van der Waals surface area (Å²) in [7, 11) is -2.05. The average molecular weight is 444 g/mol. The summed E-state index contributed by atoms with van der Waals surface area (Å²) in [5.41, 5.74) is 3.08. The van der Waals surface area contributed by atoms with Crippen LogP contribution in [0.2, 0.25) is 0 Å². The first-order valence-electron chi connectivity index (χ1n) is 11.5. The summed E-state index contributed by atoms with van der Waals surface area (Å²) < 4.78 is 0. The van der Waals surface area contributed by atoms with E-state index in [9.17, 15) is 0 Å². The molecule has 0 unspecified atom stereocenters. The molecule has 0 nitrogen and oxygen atoms in total. The molecule has 0 heterocycles. The molecule has 0 amide bonds. The van der Waals surface area contributed by atoms with Gasteiger partial charge in [-0.25, -0.2) is 0 Å². The third-order valence-corrected chi connectivity index (χ3v) is 11.2. The highest BCUT2D eigenvalue weighted by molar-refractivity contribution is 7.96. The number of hydrogen-bond donors (Lipinski definition) is 0. The van der Waals surface area contributed by atoms with Crippen LogP contribution in [-0.2, 0) is 6.42 Å². The molecule has 0 N–H and O–H groups in total. The molecule has 0 aliphatic carbocycles. The molecule has 0 saturated heterocycles. The second kappa shape index (κ2) is 9.99. The summed E-state index contributed by atoms with van der Waals surface area (Å²) >= 11 is 0. The second-order valence-electron chi connectivity index (χ2n) is 8.35. The van der Waals surface area contributed by atoms with Crippen LogP contribution in [0.15, 0.2) is 152 Å². The van der Waals surface area contributed by atoms with Gasteiger partial charge in [-0.1, -0.05) is 115 Å². The van der Waals surface area contributed by atoms with Crippen molar-refractivity contribution in [1.29, 1.82) is 0 Å².